The number of aromatic amines is 1. The van der Waals surface area contributed by atoms with E-state index in [1.54, 1.807) is 10.8 Å². The second-order valence-electron chi connectivity index (χ2n) is 4.31. The second kappa shape index (κ2) is 5.84. The zero-order chi connectivity index (χ0) is 13.8. The lowest BCUT2D eigenvalue weighted by Crippen LogP contribution is -2.11. The van der Waals surface area contributed by atoms with Crippen LogP contribution in [0.3, 0.4) is 0 Å². The van der Waals surface area contributed by atoms with E-state index in [1.165, 1.54) is 6.07 Å². The van der Waals surface area contributed by atoms with E-state index < -0.39 is 0 Å². The highest BCUT2D eigenvalue weighted by molar-refractivity contribution is 7.71. The van der Waals surface area contributed by atoms with E-state index in [0.29, 0.717) is 4.77 Å². The maximum Gasteiger partial charge on any atom is 0.251 e. The minimum absolute atomic E-state index is 0.166. The van der Waals surface area contributed by atoms with E-state index in [4.69, 9.17) is 17.0 Å². The summed E-state index contributed by atoms with van der Waals surface area (Å²) in [4.78, 5) is 13.8. The van der Waals surface area contributed by atoms with Crippen molar-refractivity contribution >= 4 is 12.2 Å². The van der Waals surface area contributed by atoms with Gasteiger partial charge in [-0.1, -0.05) is 13.0 Å². The predicted octanol–water partition coefficient (Wildman–Crippen LogP) is 3.07. The van der Waals surface area contributed by atoms with Crippen molar-refractivity contribution in [2.75, 3.05) is 0 Å². The first-order valence-electron chi connectivity index (χ1n) is 6.19. The number of nitrogens with one attached hydrogen (secondary N) is 1. The minimum Gasteiger partial charge on any atom is -0.491 e. The second-order valence-corrected chi connectivity index (χ2v) is 4.70. The van der Waals surface area contributed by atoms with Crippen LogP contribution in [0.25, 0.3) is 5.69 Å². The third-order valence-electron chi connectivity index (χ3n) is 2.83. The number of hydrogen-bond acceptors (Lipinski definition) is 3. The molecule has 0 aliphatic carbocycles. The molecule has 2 rings (SSSR count). The number of benzene rings is 1. The Labute approximate surface area is 116 Å². The summed E-state index contributed by atoms with van der Waals surface area (Å²) in [5.74, 6) is 0.792. The van der Waals surface area contributed by atoms with Gasteiger partial charge in [-0.2, -0.15) is 0 Å². The van der Waals surface area contributed by atoms with Gasteiger partial charge in [-0.3, -0.25) is 14.3 Å². The van der Waals surface area contributed by atoms with E-state index in [2.05, 4.69) is 11.9 Å². The Balaban J connectivity index is 2.38. The van der Waals surface area contributed by atoms with Gasteiger partial charge in [0.2, 0.25) is 0 Å². The lowest BCUT2D eigenvalue weighted by Gasteiger charge is -2.14. The smallest absolute Gasteiger partial charge is 0.251 e. The van der Waals surface area contributed by atoms with Crippen molar-refractivity contribution in [1.29, 1.82) is 0 Å². The van der Waals surface area contributed by atoms with Crippen molar-refractivity contribution in [1.82, 2.24) is 9.55 Å². The summed E-state index contributed by atoms with van der Waals surface area (Å²) in [5.41, 5.74) is 0.662. The lowest BCUT2D eigenvalue weighted by atomic mass is 10.2. The van der Waals surface area contributed by atoms with Crippen LogP contribution in [-0.4, -0.2) is 15.7 Å². The molecule has 0 saturated carbocycles. The molecule has 0 radical (unpaired) electrons. The number of aromatic nitrogens is 2. The molecule has 0 aliphatic heterocycles. The fraction of sp³-hybridized carbons (Fsp3) is 0.286. The Kier molecular flexibility index (Phi) is 4.16. The van der Waals surface area contributed by atoms with Crippen LogP contribution in [0, 0.1) is 4.77 Å². The van der Waals surface area contributed by atoms with Crippen molar-refractivity contribution < 1.29 is 4.74 Å². The van der Waals surface area contributed by atoms with E-state index >= 15 is 0 Å². The molecule has 0 amide bonds. The largest absolute Gasteiger partial charge is 0.491 e. The van der Waals surface area contributed by atoms with Gasteiger partial charge in [0, 0.05) is 18.3 Å². The molecule has 0 bridgehead atoms. The fourth-order valence-corrected chi connectivity index (χ4v) is 1.91. The van der Waals surface area contributed by atoms with E-state index in [9.17, 15) is 4.79 Å². The molecule has 19 heavy (non-hydrogen) atoms. The number of hydrogen-bond donors (Lipinski definition) is 1. The fourth-order valence-electron chi connectivity index (χ4n) is 1.64. The van der Waals surface area contributed by atoms with Crippen LogP contribution >= 0.6 is 12.2 Å². The average molecular weight is 276 g/mol. The zero-order valence-electron chi connectivity index (χ0n) is 10.9. The number of H-pyrrole nitrogens is 1. The van der Waals surface area contributed by atoms with E-state index in [1.807, 2.05) is 31.2 Å². The highest BCUT2D eigenvalue weighted by Crippen LogP contribution is 2.18. The normalized spacial score (nSPS) is 12.1. The maximum atomic E-state index is 11.2. The van der Waals surface area contributed by atoms with Crippen molar-refractivity contribution in [2.45, 2.75) is 26.4 Å². The Morgan fingerprint density at radius 1 is 1.42 bits per heavy atom. The number of rotatable bonds is 4. The molecule has 1 atom stereocenters. The summed E-state index contributed by atoms with van der Waals surface area (Å²) in [6.45, 7) is 4.10. The van der Waals surface area contributed by atoms with Gasteiger partial charge in [-0.05, 0) is 37.7 Å². The maximum absolute atomic E-state index is 11.2. The molecule has 0 fully saturated rings. The summed E-state index contributed by atoms with van der Waals surface area (Å²) >= 11 is 5.14. The van der Waals surface area contributed by atoms with Gasteiger partial charge in [0.25, 0.3) is 5.56 Å². The average Bonchev–Trinajstić information content (AvgIpc) is 2.39. The van der Waals surface area contributed by atoms with E-state index in [-0.39, 0.29) is 11.7 Å². The van der Waals surface area contributed by atoms with Crippen molar-refractivity contribution in [3.05, 3.63) is 51.7 Å². The third-order valence-corrected chi connectivity index (χ3v) is 3.13. The molecular formula is C14H16N2O2S. The Bertz CT molecular complexity index is 675. The van der Waals surface area contributed by atoms with Gasteiger partial charge in [0.15, 0.2) is 4.77 Å². The lowest BCUT2D eigenvalue weighted by molar-refractivity contribution is 0.217. The predicted molar refractivity (Wildman–Crippen MR) is 77.6 cm³/mol. The van der Waals surface area contributed by atoms with Crippen LogP contribution in [0.4, 0.5) is 0 Å². The quantitative estimate of drug-likeness (QED) is 0.873. The van der Waals surface area contributed by atoms with Crippen LogP contribution in [0.5, 0.6) is 5.75 Å². The molecule has 2 aromatic rings. The van der Waals surface area contributed by atoms with Gasteiger partial charge < -0.3 is 4.74 Å². The molecular weight excluding hydrogens is 260 g/mol. The van der Waals surface area contributed by atoms with Crippen molar-refractivity contribution in [2.24, 2.45) is 0 Å². The third kappa shape index (κ3) is 3.32. The van der Waals surface area contributed by atoms with E-state index in [0.717, 1.165) is 17.9 Å². The number of nitrogens with zero attached hydrogens (tertiary/aromatic N) is 1. The molecule has 1 unspecified atom stereocenters. The van der Waals surface area contributed by atoms with Gasteiger partial charge in [0.1, 0.15) is 5.75 Å². The van der Waals surface area contributed by atoms with Gasteiger partial charge >= 0.3 is 0 Å². The van der Waals surface area contributed by atoms with Crippen molar-refractivity contribution in [3.8, 4) is 11.4 Å². The summed E-state index contributed by atoms with van der Waals surface area (Å²) < 4.78 is 7.87. The molecule has 0 spiro atoms. The van der Waals surface area contributed by atoms with Crippen LogP contribution in [-0.2, 0) is 0 Å². The first kappa shape index (κ1) is 13.5. The van der Waals surface area contributed by atoms with Crippen LogP contribution in [0.1, 0.15) is 20.3 Å². The summed E-state index contributed by atoms with van der Waals surface area (Å²) in [6.07, 6.45) is 2.77. The molecule has 4 nitrogen and oxygen atoms in total. The van der Waals surface area contributed by atoms with Crippen LogP contribution in [0.15, 0.2) is 41.3 Å². The molecule has 100 valence electrons. The zero-order valence-corrected chi connectivity index (χ0v) is 11.7. The SMILES string of the molecule is CCC(C)Oc1cccc(-n2ccc(=O)[nH]c2=S)c1. The monoisotopic (exact) mass is 276 g/mol. The van der Waals surface area contributed by atoms with Crippen molar-refractivity contribution in [3.63, 3.8) is 0 Å². The molecule has 1 aromatic carbocycles. The molecule has 0 saturated heterocycles. The molecule has 1 heterocycles. The Morgan fingerprint density at radius 2 is 2.21 bits per heavy atom. The number of ether oxygens (including phenoxy) is 1. The standard InChI is InChI=1S/C14H16N2O2S/c1-3-10(2)18-12-6-4-5-11(9-12)16-8-7-13(17)15-14(16)19/h4-10H,3H2,1-2H3,(H,15,17,19). The Morgan fingerprint density at radius 3 is 2.89 bits per heavy atom. The highest BCUT2D eigenvalue weighted by Gasteiger charge is 2.03. The van der Waals surface area contributed by atoms with Crippen LogP contribution < -0.4 is 10.3 Å². The summed E-state index contributed by atoms with van der Waals surface area (Å²) in [5, 5.41) is 0. The van der Waals surface area contributed by atoms with Gasteiger partial charge in [-0.15, -0.1) is 0 Å². The summed E-state index contributed by atoms with van der Waals surface area (Å²) in [6, 6.07) is 9.07. The van der Waals surface area contributed by atoms with Crippen LogP contribution in [0.2, 0.25) is 0 Å². The molecule has 1 aromatic heterocycles. The van der Waals surface area contributed by atoms with Gasteiger partial charge in [-0.25, -0.2) is 0 Å². The first-order valence-corrected chi connectivity index (χ1v) is 6.60. The molecule has 1 N–H and O–H groups in total. The first-order chi connectivity index (χ1) is 9.10. The topological polar surface area (TPSA) is 47.0 Å². The summed E-state index contributed by atoms with van der Waals surface area (Å²) in [7, 11) is 0. The minimum atomic E-state index is -0.201. The highest BCUT2D eigenvalue weighted by atomic mass is 32.1. The molecule has 0 aliphatic rings. The molecule has 5 heteroatoms. The van der Waals surface area contributed by atoms with Gasteiger partial charge in [0.05, 0.1) is 11.8 Å². The Hall–Kier alpha value is -1.88.